The Morgan fingerprint density at radius 1 is 1.52 bits per heavy atom. The highest BCUT2D eigenvalue weighted by atomic mass is 79.9. The second kappa shape index (κ2) is 8.58. The van der Waals surface area contributed by atoms with Crippen molar-refractivity contribution in [3.05, 3.63) is 27.7 Å². The molecule has 1 aromatic rings. The van der Waals surface area contributed by atoms with Crippen LogP contribution in [0.1, 0.15) is 6.92 Å². The molecule has 2 unspecified atom stereocenters. The number of carbonyl (C=O) groups is 1. The molecular weight excluding hydrogens is 362 g/mol. The fraction of sp³-hybridized carbons (Fsp3) is 0.500. The second-order valence-electron chi connectivity index (χ2n) is 4.66. The average molecular weight is 381 g/mol. The molecule has 1 N–H and O–H groups in total. The predicted octanol–water partition coefficient (Wildman–Crippen LogP) is 2.34. The van der Waals surface area contributed by atoms with Crippen molar-refractivity contribution in [1.82, 2.24) is 4.90 Å². The van der Waals surface area contributed by atoms with Gasteiger partial charge >= 0.3 is 0 Å². The Morgan fingerprint density at radius 3 is 2.76 bits per heavy atom. The summed E-state index contributed by atoms with van der Waals surface area (Å²) >= 11 is 9.18. The minimum absolute atomic E-state index is 0.176. The van der Waals surface area contributed by atoms with Gasteiger partial charge in [0, 0.05) is 25.7 Å². The lowest BCUT2D eigenvalue weighted by atomic mass is 10.3. The SMILES string of the molecule is COCC(O)CN(C)C(=O)C(C)Oc1ccc(Cl)cc1Br. The number of rotatable bonds is 7. The first kappa shape index (κ1) is 18.2. The molecular formula is C14H19BrClNO4. The van der Waals surface area contributed by atoms with Crippen molar-refractivity contribution in [2.75, 3.05) is 27.3 Å². The maximum absolute atomic E-state index is 12.2. The van der Waals surface area contributed by atoms with Crippen LogP contribution in [0.25, 0.3) is 0 Å². The zero-order valence-corrected chi connectivity index (χ0v) is 14.5. The van der Waals surface area contributed by atoms with Crippen LogP contribution in [0.15, 0.2) is 22.7 Å². The first-order valence-electron chi connectivity index (χ1n) is 6.38. The predicted molar refractivity (Wildman–Crippen MR) is 84.8 cm³/mol. The molecule has 0 spiro atoms. The van der Waals surface area contributed by atoms with Gasteiger partial charge in [-0.25, -0.2) is 0 Å². The van der Waals surface area contributed by atoms with E-state index in [2.05, 4.69) is 15.9 Å². The first-order valence-corrected chi connectivity index (χ1v) is 7.56. The fourth-order valence-electron chi connectivity index (χ4n) is 1.77. The molecule has 0 bridgehead atoms. The monoisotopic (exact) mass is 379 g/mol. The van der Waals surface area contributed by atoms with Crippen molar-refractivity contribution in [1.29, 1.82) is 0 Å². The molecule has 0 aromatic heterocycles. The van der Waals surface area contributed by atoms with Gasteiger partial charge in [0.05, 0.1) is 17.2 Å². The van der Waals surface area contributed by atoms with E-state index in [0.717, 1.165) is 0 Å². The molecule has 0 aliphatic rings. The van der Waals surface area contributed by atoms with Crippen LogP contribution in [0, 0.1) is 0 Å². The third-order valence-electron chi connectivity index (χ3n) is 2.77. The summed E-state index contributed by atoms with van der Waals surface area (Å²) in [6, 6.07) is 5.07. The number of aliphatic hydroxyl groups excluding tert-OH is 1. The number of hydrogen-bond donors (Lipinski definition) is 1. The molecule has 1 amide bonds. The van der Waals surface area contributed by atoms with Gasteiger partial charge < -0.3 is 19.5 Å². The lowest BCUT2D eigenvalue weighted by molar-refractivity contribution is -0.138. The highest BCUT2D eigenvalue weighted by Crippen LogP contribution is 2.28. The quantitative estimate of drug-likeness (QED) is 0.789. The van der Waals surface area contributed by atoms with Gasteiger partial charge in [0.25, 0.3) is 5.91 Å². The van der Waals surface area contributed by atoms with Crippen molar-refractivity contribution in [2.24, 2.45) is 0 Å². The van der Waals surface area contributed by atoms with Crippen molar-refractivity contribution in [3.8, 4) is 5.75 Å². The van der Waals surface area contributed by atoms with Gasteiger partial charge in [-0.2, -0.15) is 0 Å². The summed E-state index contributed by atoms with van der Waals surface area (Å²) in [7, 11) is 3.10. The number of methoxy groups -OCH3 is 1. The molecule has 1 rings (SSSR count). The second-order valence-corrected chi connectivity index (χ2v) is 5.95. The van der Waals surface area contributed by atoms with Crippen LogP contribution < -0.4 is 4.74 Å². The lowest BCUT2D eigenvalue weighted by Gasteiger charge is -2.24. The molecule has 0 aliphatic carbocycles. The van der Waals surface area contributed by atoms with Gasteiger partial charge in [0.1, 0.15) is 5.75 Å². The van der Waals surface area contributed by atoms with Crippen LogP contribution in [0.3, 0.4) is 0 Å². The number of hydrogen-bond acceptors (Lipinski definition) is 4. The van der Waals surface area contributed by atoms with E-state index >= 15 is 0 Å². The zero-order chi connectivity index (χ0) is 16.0. The maximum Gasteiger partial charge on any atom is 0.263 e. The van der Waals surface area contributed by atoms with Gasteiger partial charge in [0.15, 0.2) is 6.10 Å². The summed E-state index contributed by atoms with van der Waals surface area (Å²) in [6.45, 7) is 2.01. The normalized spacial score (nSPS) is 13.6. The van der Waals surface area contributed by atoms with E-state index in [1.165, 1.54) is 12.0 Å². The lowest BCUT2D eigenvalue weighted by Crippen LogP contribution is -2.42. The van der Waals surface area contributed by atoms with Crippen molar-refractivity contribution >= 4 is 33.4 Å². The summed E-state index contributed by atoms with van der Waals surface area (Å²) < 4.78 is 11.1. The number of benzene rings is 1. The molecule has 0 saturated heterocycles. The Morgan fingerprint density at radius 2 is 2.19 bits per heavy atom. The van der Waals surface area contributed by atoms with Gasteiger partial charge in [-0.05, 0) is 41.1 Å². The van der Waals surface area contributed by atoms with E-state index in [-0.39, 0.29) is 19.1 Å². The average Bonchev–Trinajstić information content (AvgIpc) is 2.41. The highest BCUT2D eigenvalue weighted by Gasteiger charge is 2.22. The van der Waals surface area contributed by atoms with Gasteiger partial charge in [0.2, 0.25) is 0 Å². The molecule has 5 nitrogen and oxygen atoms in total. The molecule has 21 heavy (non-hydrogen) atoms. The van der Waals surface area contributed by atoms with Crippen LogP contribution in [-0.4, -0.2) is 55.4 Å². The van der Waals surface area contributed by atoms with Crippen LogP contribution >= 0.6 is 27.5 Å². The molecule has 0 fully saturated rings. The Labute approximate surface area is 137 Å². The topological polar surface area (TPSA) is 59.0 Å². The summed E-state index contributed by atoms with van der Waals surface area (Å²) in [6.07, 6.45) is -1.40. The summed E-state index contributed by atoms with van der Waals surface area (Å²) in [5, 5.41) is 10.2. The number of nitrogens with zero attached hydrogens (tertiary/aromatic N) is 1. The molecule has 7 heteroatoms. The number of aliphatic hydroxyl groups is 1. The van der Waals surface area contributed by atoms with Crippen LogP contribution in [0.2, 0.25) is 5.02 Å². The first-order chi connectivity index (χ1) is 9.85. The largest absolute Gasteiger partial charge is 0.480 e. The van der Waals surface area contributed by atoms with E-state index in [1.807, 2.05) is 0 Å². The van der Waals surface area contributed by atoms with Crippen molar-refractivity contribution < 1.29 is 19.4 Å². The number of likely N-dealkylation sites (N-methyl/N-ethyl adjacent to an activating group) is 1. The van der Waals surface area contributed by atoms with Crippen LogP contribution in [-0.2, 0) is 9.53 Å². The Hall–Kier alpha value is -0.820. The smallest absolute Gasteiger partial charge is 0.263 e. The van der Waals surface area contributed by atoms with E-state index in [0.29, 0.717) is 15.2 Å². The number of ether oxygens (including phenoxy) is 2. The highest BCUT2D eigenvalue weighted by molar-refractivity contribution is 9.10. The summed E-state index contributed by atoms with van der Waals surface area (Å²) in [4.78, 5) is 13.6. The standard InChI is InChI=1S/C14H19BrClNO4/c1-9(14(19)17(2)7-11(18)8-20-3)21-13-5-4-10(16)6-12(13)15/h4-6,9,11,18H,7-8H2,1-3H3. The molecule has 0 saturated carbocycles. The minimum Gasteiger partial charge on any atom is -0.480 e. The number of halogens is 2. The van der Waals surface area contributed by atoms with Gasteiger partial charge in [-0.1, -0.05) is 11.6 Å². The number of amides is 1. The van der Waals surface area contributed by atoms with E-state index < -0.39 is 12.2 Å². The van der Waals surface area contributed by atoms with Crippen molar-refractivity contribution in [2.45, 2.75) is 19.1 Å². The Bertz CT molecular complexity index is 486. The van der Waals surface area contributed by atoms with E-state index in [4.69, 9.17) is 21.1 Å². The third-order valence-corrected chi connectivity index (χ3v) is 3.62. The van der Waals surface area contributed by atoms with Gasteiger partial charge in [-0.15, -0.1) is 0 Å². The fourth-order valence-corrected chi connectivity index (χ4v) is 2.55. The summed E-state index contributed by atoms with van der Waals surface area (Å²) in [5.41, 5.74) is 0. The van der Waals surface area contributed by atoms with E-state index in [1.54, 1.807) is 32.2 Å². The zero-order valence-electron chi connectivity index (χ0n) is 12.2. The van der Waals surface area contributed by atoms with Gasteiger partial charge in [-0.3, -0.25) is 4.79 Å². The third kappa shape index (κ3) is 5.82. The van der Waals surface area contributed by atoms with Crippen molar-refractivity contribution in [3.63, 3.8) is 0 Å². The molecule has 0 radical (unpaired) electrons. The molecule has 0 heterocycles. The summed E-state index contributed by atoms with van der Waals surface area (Å²) in [5.74, 6) is 0.304. The Balaban J connectivity index is 2.61. The van der Waals surface area contributed by atoms with E-state index in [9.17, 15) is 9.90 Å². The minimum atomic E-state index is -0.724. The van der Waals surface area contributed by atoms with Crippen LogP contribution in [0.5, 0.6) is 5.75 Å². The Kier molecular flexibility index (Phi) is 7.45. The number of carbonyl (C=O) groups excluding carboxylic acids is 1. The molecule has 1 aromatic carbocycles. The molecule has 118 valence electrons. The molecule has 2 atom stereocenters. The maximum atomic E-state index is 12.2. The molecule has 0 aliphatic heterocycles. The van der Waals surface area contributed by atoms with Crippen LogP contribution in [0.4, 0.5) is 0 Å².